The number of para-hydroxylation sites is 1. The van der Waals surface area contributed by atoms with Crippen LogP contribution in [0.2, 0.25) is 0 Å². The summed E-state index contributed by atoms with van der Waals surface area (Å²) < 4.78 is 0. The quantitative estimate of drug-likeness (QED) is 0.925. The number of nitrogens with zero attached hydrogens (tertiary/aromatic N) is 2. The molecule has 2 heterocycles. The Balaban J connectivity index is 1.76. The van der Waals surface area contributed by atoms with E-state index in [-0.39, 0.29) is 0 Å². The van der Waals surface area contributed by atoms with Crippen LogP contribution < -0.4 is 5.32 Å². The molecule has 1 aromatic carbocycles. The fraction of sp³-hybridized carbons (Fsp3) is 0.471. The van der Waals surface area contributed by atoms with Crippen LogP contribution in [0, 0.1) is 5.92 Å². The molecule has 0 spiro atoms. The number of likely N-dealkylation sites (tertiary alicyclic amines) is 1. The monoisotopic (exact) mass is 269 g/mol. The molecule has 1 aliphatic rings. The Kier molecular flexibility index (Phi) is 4.28. The SMILES string of the molecule is CNC[C@@H]1CCCN(Cc2cccc3cccnc23)C1. The van der Waals surface area contributed by atoms with E-state index in [1.54, 1.807) is 0 Å². The smallest absolute Gasteiger partial charge is 0.0746 e. The number of aromatic nitrogens is 1. The Morgan fingerprint density at radius 2 is 2.20 bits per heavy atom. The summed E-state index contributed by atoms with van der Waals surface area (Å²) in [6.45, 7) is 4.56. The fourth-order valence-electron chi connectivity index (χ4n) is 3.29. The van der Waals surface area contributed by atoms with Crippen molar-refractivity contribution in [1.29, 1.82) is 0 Å². The lowest BCUT2D eigenvalue weighted by molar-refractivity contribution is 0.167. The minimum atomic E-state index is 0.789. The maximum absolute atomic E-state index is 4.56. The molecule has 1 aromatic heterocycles. The number of hydrogen-bond acceptors (Lipinski definition) is 3. The molecule has 1 N–H and O–H groups in total. The number of fused-ring (bicyclic) bond motifs is 1. The fourth-order valence-corrected chi connectivity index (χ4v) is 3.29. The lowest BCUT2D eigenvalue weighted by atomic mass is 9.97. The number of piperidine rings is 1. The molecule has 3 nitrogen and oxygen atoms in total. The van der Waals surface area contributed by atoms with Crippen LogP contribution in [0.5, 0.6) is 0 Å². The van der Waals surface area contributed by atoms with Crippen molar-refractivity contribution in [2.75, 3.05) is 26.7 Å². The van der Waals surface area contributed by atoms with Gasteiger partial charge in [0.1, 0.15) is 0 Å². The van der Waals surface area contributed by atoms with Gasteiger partial charge < -0.3 is 5.32 Å². The molecule has 0 unspecified atom stereocenters. The summed E-state index contributed by atoms with van der Waals surface area (Å²) in [4.78, 5) is 7.14. The Hall–Kier alpha value is -1.45. The Bertz CT molecular complexity index is 560. The average Bonchev–Trinajstić information content (AvgIpc) is 2.48. The molecule has 0 aliphatic carbocycles. The van der Waals surface area contributed by atoms with Gasteiger partial charge in [-0.25, -0.2) is 0 Å². The third-order valence-electron chi connectivity index (χ3n) is 4.21. The first kappa shape index (κ1) is 13.5. The number of pyridine rings is 1. The summed E-state index contributed by atoms with van der Waals surface area (Å²) in [5.74, 6) is 0.789. The van der Waals surface area contributed by atoms with E-state index in [0.29, 0.717) is 0 Å². The standard InChI is InChI=1S/C17H23N3/c1-18-11-14-5-4-10-20(12-14)13-16-7-2-6-15-8-3-9-19-17(15)16/h2-3,6-9,14,18H,4-5,10-13H2,1H3/t14-/m0/s1. The second-order valence-electron chi connectivity index (χ2n) is 5.79. The molecule has 3 rings (SSSR count). The summed E-state index contributed by atoms with van der Waals surface area (Å²) in [6, 6.07) is 10.7. The van der Waals surface area contributed by atoms with Crippen LogP contribution in [0.25, 0.3) is 10.9 Å². The van der Waals surface area contributed by atoms with Crippen molar-refractivity contribution in [3.05, 3.63) is 42.1 Å². The number of benzene rings is 1. The van der Waals surface area contributed by atoms with Crippen LogP contribution in [0.4, 0.5) is 0 Å². The van der Waals surface area contributed by atoms with E-state index in [0.717, 1.165) is 24.5 Å². The molecule has 1 fully saturated rings. The molecule has 2 aromatic rings. The van der Waals surface area contributed by atoms with E-state index in [2.05, 4.69) is 39.5 Å². The van der Waals surface area contributed by atoms with E-state index in [1.165, 1.54) is 36.9 Å². The largest absolute Gasteiger partial charge is 0.319 e. The van der Waals surface area contributed by atoms with Gasteiger partial charge in [0.15, 0.2) is 0 Å². The summed E-state index contributed by atoms with van der Waals surface area (Å²) in [7, 11) is 2.05. The predicted molar refractivity (Wildman–Crippen MR) is 83.7 cm³/mol. The van der Waals surface area contributed by atoms with Gasteiger partial charge in [0.25, 0.3) is 0 Å². The van der Waals surface area contributed by atoms with Crippen LogP contribution in [0.15, 0.2) is 36.5 Å². The van der Waals surface area contributed by atoms with Gasteiger partial charge in [-0.2, -0.15) is 0 Å². The summed E-state index contributed by atoms with van der Waals surface area (Å²) in [5.41, 5.74) is 2.51. The van der Waals surface area contributed by atoms with E-state index in [4.69, 9.17) is 0 Å². The zero-order valence-corrected chi connectivity index (χ0v) is 12.2. The lowest BCUT2D eigenvalue weighted by Crippen LogP contribution is -2.38. The Morgan fingerprint density at radius 3 is 3.10 bits per heavy atom. The van der Waals surface area contributed by atoms with Crippen LogP contribution in [0.1, 0.15) is 18.4 Å². The van der Waals surface area contributed by atoms with Crippen LogP contribution in [0.3, 0.4) is 0 Å². The minimum absolute atomic E-state index is 0.789. The second-order valence-corrected chi connectivity index (χ2v) is 5.79. The van der Waals surface area contributed by atoms with E-state index >= 15 is 0 Å². The van der Waals surface area contributed by atoms with Gasteiger partial charge in [0.2, 0.25) is 0 Å². The molecule has 20 heavy (non-hydrogen) atoms. The van der Waals surface area contributed by atoms with Crippen molar-refractivity contribution in [3.8, 4) is 0 Å². The third-order valence-corrected chi connectivity index (χ3v) is 4.21. The van der Waals surface area contributed by atoms with Crippen molar-refractivity contribution < 1.29 is 0 Å². The average molecular weight is 269 g/mol. The first-order valence-electron chi connectivity index (χ1n) is 7.56. The first-order chi connectivity index (χ1) is 9.86. The predicted octanol–water partition coefficient (Wildman–Crippen LogP) is 2.67. The molecule has 0 saturated carbocycles. The van der Waals surface area contributed by atoms with Crippen molar-refractivity contribution in [2.45, 2.75) is 19.4 Å². The highest BCUT2D eigenvalue weighted by Gasteiger charge is 2.19. The van der Waals surface area contributed by atoms with Gasteiger partial charge >= 0.3 is 0 Å². The van der Waals surface area contributed by atoms with E-state index in [9.17, 15) is 0 Å². The molecule has 1 saturated heterocycles. The zero-order valence-electron chi connectivity index (χ0n) is 12.2. The number of rotatable bonds is 4. The number of nitrogens with one attached hydrogen (secondary N) is 1. The second kappa shape index (κ2) is 6.33. The molecular formula is C17H23N3. The summed E-state index contributed by atoms with van der Waals surface area (Å²) in [5, 5.41) is 4.56. The molecule has 1 aliphatic heterocycles. The molecular weight excluding hydrogens is 246 g/mol. The Morgan fingerprint density at radius 1 is 1.30 bits per heavy atom. The third kappa shape index (κ3) is 3.00. The zero-order chi connectivity index (χ0) is 13.8. The molecule has 106 valence electrons. The van der Waals surface area contributed by atoms with Crippen LogP contribution in [-0.2, 0) is 6.54 Å². The molecule has 0 bridgehead atoms. The van der Waals surface area contributed by atoms with Crippen LogP contribution in [-0.4, -0.2) is 36.6 Å². The minimum Gasteiger partial charge on any atom is -0.319 e. The summed E-state index contributed by atoms with van der Waals surface area (Å²) >= 11 is 0. The van der Waals surface area contributed by atoms with Crippen molar-refractivity contribution in [3.63, 3.8) is 0 Å². The van der Waals surface area contributed by atoms with Gasteiger partial charge in [-0.05, 0) is 50.5 Å². The van der Waals surface area contributed by atoms with Crippen LogP contribution >= 0.6 is 0 Å². The maximum Gasteiger partial charge on any atom is 0.0746 e. The highest BCUT2D eigenvalue weighted by atomic mass is 15.1. The van der Waals surface area contributed by atoms with Crippen molar-refractivity contribution in [2.24, 2.45) is 5.92 Å². The van der Waals surface area contributed by atoms with Gasteiger partial charge in [0, 0.05) is 24.7 Å². The van der Waals surface area contributed by atoms with Crippen molar-refractivity contribution in [1.82, 2.24) is 15.2 Å². The highest BCUT2D eigenvalue weighted by Crippen LogP contribution is 2.21. The van der Waals surface area contributed by atoms with Gasteiger partial charge in [-0.15, -0.1) is 0 Å². The molecule has 1 atom stereocenters. The topological polar surface area (TPSA) is 28.2 Å². The molecule has 3 heteroatoms. The van der Waals surface area contributed by atoms with Gasteiger partial charge in [0.05, 0.1) is 5.52 Å². The Labute approximate surface area is 121 Å². The van der Waals surface area contributed by atoms with Crippen molar-refractivity contribution >= 4 is 10.9 Å². The molecule has 0 amide bonds. The van der Waals surface area contributed by atoms with Gasteiger partial charge in [-0.3, -0.25) is 9.88 Å². The first-order valence-corrected chi connectivity index (χ1v) is 7.56. The maximum atomic E-state index is 4.56. The van der Waals surface area contributed by atoms with E-state index < -0.39 is 0 Å². The highest BCUT2D eigenvalue weighted by molar-refractivity contribution is 5.81. The van der Waals surface area contributed by atoms with E-state index in [1.807, 2.05) is 19.3 Å². The van der Waals surface area contributed by atoms with Gasteiger partial charge in [-0.1, -0.05) is 24.3 Å². The number of hydrogen-bond donors (Lipinski definition) is 1. The molecule has 0 radical (unpaired) electrons. The summed E-state index contributed by atoms with van der Waals surface area (Å²) in [6.07, 6.45) is 4.56. The lowest BCUT2D eigenvalue weighted by Gasteiger charge is -2.32. The normalized spacial score (nSPS) is 20.4.